The van der Waals surface area contributed by atoms with Crippen LogP contribution in [0.3, 0.4) is 0 Å². The number of methoxy groups -OCH3 is 1. The van der Waals surface area contributed by atoms with Gasteiger partial charge in [-0.1, -0.05) is 0 Å². The van der Waals surface area contributed by atoms with E-state index in [-0.39, 0.29) is 18.3 Å². The van der Waals surface area contributed by atoms with Gasteiger partial charge in [0.2, 0.25) is 5.79 Å². The molecule has 0 aromatic rings. The van der Waals surface area contributed by atoms with Crippen molar-refractivity contribution in [3.63, 3.8) is 0 Å². The van der Waals surface area contributed by atoms with Crippen LogP contribution in [0.4, 0.5) is 0 Å². The number of hydrogen-bond acceptors (Lipinski definition) is 6. The molecule has 110 valence electrons. The van der Waals surface area contributed by atoms with E-state index in [2.05, 4.69) is 0 Å². The van der Waals surface area contributed by atoms with Gasteiger partial charge in [-0.05, 0) is 27.7 Å². The molecule has 6 nitrogen and oxygen atoms in total. The maximum Gasteiger partial charge on any atom is 0.224 e. The molecule has 0 saturated carbocycles. The van der Waals surface area contributed by atoms with Gasteiger partial charge < -0.3 is 28.4 Å². The second-order valence-corrected chi connectivity index (χ2v) is 6.21. The van der Waals surface area contributed by atoms with Gasteiger partial charge in [0, 0.05) is 7.11 Å². The molecule has 2 unspecified atom stereocenters. The summed E-state index contributed by atoms with van der Waals surface area (Å²) >= 11 is 0. The van der Waals surface area contributed by atoms with Crippen molar-refractivity contribution in [1.29, 1.82) is 0 Å². The predicted molar refractivity (Wildman–Crippen MR) is 64.4 cm³/mol. The number of fused-ring (bicyclic) bond motifs is 1. The zero-order valence-corrected chi connectivity index (χ0v) is 12.1. The van der Waals surface area contributed by atoms with E-state index in [0.29, 0.717) is 13.2 Å². The van der Waals surface area contributed by atoms with E-state index in [0.717, 1.165) is 0 Å². The molecule has 4 atom stereocenters. The lowest BCUT2D eigenvalue weighted by Crippen LogP contribution is -2.62. The molecule has 0 amide bonds. The first kappa shape index (κ1) is 13.7. The lowest BCUT2D eigenvalue weighted by molar-refractivity contribution is -0.330. The Hall–Kier alpha value is -0.240. The van der Waals surface area contributed by atoms with Gasteiger partial charge in [0.15, 0.2) is 11.6 Å². The maximum atomic E-state index is 5.95. The van der Waals surface area contributed by atoms with E-state index in [1.165, 1.54) is 0 Å². The summed E-state index contributed by atoms with van der Waals surface area (Å²) in [6.07, 6.45) is -0.737. The molecule has 3 heterocycles. The van der Waals surface area contributed by atoms with Gasteiger partial charge in [-0.3, -0.25) is 0 Å². The summed E-state index contributed by atoms with van der Waals surface area (Å²) in [5.41, 5.74) is 0. The molecule has 1 spiro atoms. The molecule has 0 aliphatic carbocycles. The molecular formula is C13H22O6. The molecule has 0 aromatic heterocycles. The van der Waals surface area contributed by atoms with E-state index >= 15 is 0 Å². The minimum atomic E-state index is -0.913. The maximum absolute atomic E-state index is 5.95. The Morgan fingerprint density at radius 2 is 1.74 bits per heavy atom. The van der Waals surface area contributed by atoms with E-state index in [9.17, 15) is 0 Å². The smallest absolute Gasteiger partial charge is 0.224 e. The second kappa shape index (κ2) is 4.13. The average Bonchev–Trinajstić information content (AvgIpc) is 2.75. The van der Waals surface area contributed by atoms with E-state index in [1.807, 2.05) is 27.7 Å². The highest BCUT2D eigenvalue weighted by Gasteiger charge is 2.62. The zero-order chi connectivity index (χ0) is 13.9. The summed E-state index contributed by atoms with van der Waals surface area (Å²) in [6.45, 7) is 8.24. The number of hydrogen-bond donors (Lipinski definition) is 0. The molecule has 6 heteroatoms. The fourth-order valence-corrected chi connectivity index (χ4v) is 3.08. The molecule has 0 bridgehead atoms. The average molecular weight is 274 g/mol. The van der Waals surface area contributed by atoms with E-state index < -0.39 is 17.4 Å². The van der Waals surface area contributed by atoms with Crippen molar-refractivity contribution < 1.29 is 28.4 Å². The highest BCUT2D eigenvalue weighted by Crippen LogP contribution is 2.44. The van der Waals surface area contributed by atoms with Gasteiger partial charge >= 0.3 is 0 Å². The Morgan fingerprint density at radius 1 is 1.00 bits per heavy atom. The molecule has 3 fully saturated rings. The van der Waals surface area contributed by atoms with Gasteiger partial charge in [0.25, 0.3) is 0 Å². The quantitative estimate of drug-likeness (QED) is 0.712. The van der Waals surface area contributed by atoms with Crippen molar-refractivity contribution in [2.75, 3.05) is 20.3 Å². The van der Waals surface area contributed by atoms with Crippen LogP contribution < -0.4 is 0 Å². The van der Waals surface area contributed by atoms with Crippen molar-refractivity contribution in [3.05, 3.63) is 0 Å². The highest BCUT2D eigenvalue weighted by atomic mass is 16.9. The SMILES string of the molecule is CO[C@H]1C2OC(C)(C)OC2CO[C@]12COC(C)(C)O2. The van der Waals surface area contributed by atoms with Crippen LogP contribution in [-0.4, -0.2) is 56.0 Å². The van der Waals surface area contributed by atoms with Crippen molar-refractivity contribution in [3.8, 4) is 0 Å². The van der Waals surface area contributed by atoms with Crippen molar-refractivity contribution in [2.45, 2.75) is 63.4 Å². The van der Waals surface area contributed by atoms with Crippen LogP contribution in [0.2, 0.25) is 0 Å². The third-order valence-corrected chi connectivity index (χ3v) is 3.74. The van der Waals surface area contributed by atoms with Crippen LogP contribution in [0.15, 0.2) is 0 Å². The first-order chi connectivity index (χ1) is 8.77. The minimum absolute atomic E-state index is 0.141. The Morgan fingerprint density at radius 3 is 2.32 bits per heavy atom. The van der Waals surface area contributed by atoms with Crippen LogP contribution in [0, 0.1) is 0 Å². The molecule has 0 aromatic carbocycles. The van der Waals surface area contributed by atoms with E-state index in [1.54, 1.807) is 7.11 Å². The summed E-state index contributed by atoms with van der Waals surface area (Å²) in [7, 11) is 1.63. The van der Waals surface area contributed by atoms with Gasteiger partial charge in [-0.2, -0.15) is 0 Å². The molecule has 19 heavy (non-hydrogen) atoms. The van der Waals surface area contributed by atoms with Crippen LogP contribution in [-0.2, 0) is 28.4 Å². The van der Waals surface area contributed by atoms with Crippen molar-refractivity contribution in [2.24, 2.45) is 0 Å². The third-order valence-electron chi connectivity index (χ3n) is 3.74. The monoisotopic (exact) mass is 274 g/mol. The Labute approximate surface area is 113 Å². The number of rotatable bonds is 1. The second-order valence-electron chi connectivity index (χ2n) is 6.21. The largest absolute Gasteiger partial charge is 0.373 e. The fourth-order valence-electron chi connectivity index (χ4n) is 3.08. The summed E-state index contributed by atoms with van der Waals surface area (Å²) in [5.74, 6) is -2.22. The minimum Gasteiger partial charge on any atom is -0.373 e. The summed E-state index contributed by atoms with van der Waals surface area (Å²) in [4.78, 5) is 0. The molecule has 0 N–H and O–H groups in total. The summed E-state index contributed by atoms with van der Waals surface area (Å²) in [5, 5.41) is 0. The molecule has 3 rings (SSSR count). The molecule has 3 aliphatic heterocycles. The number of ether oxygens (including phenoxy) is 6. The molecule has 3 saturated heterocycles. The molecule has 0 radical (unpaired) electrons. The highest BCUT2D eigenvalue weighted by molar-refractivity contribution is 5.01. The van der Waals surface area contributed by atoms with Gasteiger partial charge in [-0.25, -0.2) is 0 Å². The lowest BCUT2D eigenvalue weighted by Gasteiger charge is -2.43. The van der Waals surface area contributed by atoms with Crippen LogP contribution in [0.1, 0.15) is 27.7 Å². The van der Waals surface area contributed by atoms with Crippen LogP contribution in [0.25, 0.3) is 0 Å². The first-order valence-corrected chi connectivity index (χ1v) is 6.63. The summed E-state index contributed by atoms with van der Waals surface area (Å²) < 4.78 is 34.8. The topological polar surface area (TPSA) is 55.4 Å². The van der Waals surface area contributed by atoms with Crippen molar-refractivity contribution >= 4 is 0 Å². The lowest BCUT2D eigenvalue weighted by atomic mass is 9.97. The normalized spacial score (nSPS) is 47.5. The Bertz CT molecular complexity index is 366. The zero-order valence-electron chi connectivity index (χ0n) is 12.1. The molecule has 3 aliphatic rings. The van der Waals surface area contributed by atoms with Crippen LogP contribution in [0.5, 0.6) is 0 Å². The standard InChI is InChI=1S/C13H22O6/c1-11(2)16-7-13(19-11)10(14-5)9-8(6-15-13)17-12(3,4)18-9/h8-10H,6-7H2,1-5H3/t8?,9?,10-,13-/m0/s1. The first-order valence-electron chi connectivity index (χ1n) is 6.63. The van der Waals surface area contributed by atoms with Gasteiger partial charge in [0.05, 0.1) is 6.61 Å². The summed E-state index contributed by atoms with van der Waals surface area (Å²) in [6, 6.07) is 0. The van der Waals surface area contributed by atoms with Gasteiger partial charge in [-0.15, -0.1) is 0 Å². The third kappa shape index (κ3) is 2.20. The van der Waals surface area contributed by atoms with Crippen molar-refractivity contribution in [1.82, 2.24) is 0 Å². The van der Waals surface area contributed by atoms with Crippen LogP contribution >= 0.6 is 0 Å². The Balaban J connectivity index is 1.86. The fraction of sp³-hybridized carbons (Fsp3) is 1.00. The molecular weight excluding hydrogens is 252 g/mol. The van der Waals surface area contributed by atoms with Gasteiger partial charge in [0.1, 0.15) is 24.9 Å². The Kier molecular flexibility index (Phi) is 2.98. The van der Waals surface area contributed by atoms with E-state index in [4.69, 9.17) is 28.4 Å². The predicted octanol–water partition coefficient (Wildman–Crippen LogP) is 1.03.